The predicted molar refractivity (Wildman–Crippen MR) is 163 cm³/mol. The maximum absolute atomic E-state index is 15.0. The normalized spacial score (nSPS) is 24.2. The molecule has 1 spiro atoms. The van der Waals surface area contributed by atoms with Crippen LogP contribution in [0.15, 0.2) is 97.1 Å². The second kappa shape index (κ2) is 9.31. The molecule has 4 aromatic carbocycles. The van der Waals surface area contributed by atoms with Crippen LogP contribution < -0.4 is 19.7 Å². The first-order chi connectivity index (χ1) is 20.9. The van der Waals surface area contributed by atoms with Crippen LogP contribution in [0.3, 0.4) is 0 Å². The molecule has 0 radical (unpaired) electrons. The van der Waals surface area contributed by atoms with E-state index in [9.17, 15) is 9.59 Å². The lowest BCUT2D eigenvalue weighted by atomic mass is 9.64. The van der Waals surface area contributed by atoms with Gasteiger partial charge in [0, 0.05) is 28.1 Å². The molecule has 1 fully saturated rings. The summed E-state index contributed by atoms with van der Waals surface area (Å²) in [6.07, 6.45) is 2.03. The van der Waals surface area contributed by atoms with E-state index in [1.165, 1.54) is 0 Å². The molecule has 4 aliphatic heterocycles. The minimum absolute atomic E-state index is 0.0560. The molecule has 43 heavy (non-hydrogen) atoms. The number of ketones is 2. The Morgan fingerprint density at radius 2 is 1.65 bits per heavy atom. The Labute approximate surface area is 252 Å². The van der Waals surface area contributed by atoms with E-state index in [1.807, 2.05) is 66.4 Å². The lowest BCUT2D eigenvalue weighted by Gasteiger charge is -2.39. The Kier molecular flexibility index (Phi) is 5.59. The van der Waals surface area contributed by atoms with E-state index < -0.39 is 23.4 Å². The standard InChI is InChI=1S/C35H25ClN2O5/c1-19-16-29-35(23-10-4-6-12-25(23)37-34(35)41)30(32(39)20-14-15-27-28(17-20)43-18-42-27)31(33(40)22-9-2-5-11-24(22)36)38(29)26-13-7-3-8-21(19)26/h2-17,29-31H,18H2,1H3,(H,37,41)/t29-,30+,31-,35-/m1/s1. The Bertz CT molecular complexity index is 1920. The van der Waals surface area contributed by atoms with Crippen LogP contribution in [0.5, 0.6) is 11.5 Å². The minimum Gasteiger partial charge on any atom is -0.454 e. The predicted octanol–water partition coefficient (Wildman–Crippen LogP) is 6.31. The molecule has 7 nitrogen and oxygen atoms in total. The fraction of sp³-hybridized carbons (Fsp3) is 0.171. The van der Waals surface area contributed by atoms with Gasteiger partial charge in [-0.25, -0.2) is 0 Å². The molecule has 1 N–H and O–H groups in total. The fourth-order valence-electron chi connectivity index (χ4n) is 7.44. The van der Waals surface area contributed by atoms with Crippen LogP contribution in [0.2, 0.25) is 5.02 Å². The number of hydrogen-bond donors (Lipinski definition) is 1. The second-order valence-electron chi connectivity index (χ2n) is 11.3. The van der Waals surface area contributed by atoms with E-state index in [1.54, 1.807) is 42.5 Å². The van der Waals surface area contributed by atoms with Gasteiger partial charge in [-0.15, -0.1) is 0 Å². The molecule has 8 rings (SSSR count). The molecule has 4 aromatic rings. The van der Waals surface area contributed by atoms with Crippen molar-refractivity contribution in [3.05, 3.63) is 124 Å². The highest BCUT2D eigenvalue weighted by atomic mass is 35.5. The third kappa shape index (κ3) is 3.45. The number of anilines is 2. The first kappa shape index (κ1) is 25.8. The van der Waals surface area contributed by atoms with Gasteiger partial charge in [-0.05, 0) is 60.5 Å². The van der Waals surface area contributed by atoms with Crippen molar-refractivity contribution in [1.29, 1.82) is 0 Å². The lowest BCUT2D eigenvalue weighted by Crippen LogP contribution is -2.51. The minimum atomic E-state index is -1.42. The van der Waals surface area contributed by atoms with Crippen LogP contribution in [-0.4, -0.2) is 36.4 Å². The smallest absolute Gasteiger partial charge is 0.238 e. The SMILES string of the molecule is CC1=C[C@H]2N(c3ccccc31)[C@@H](C(=O)c1ccccc1Cl)[C@@H](C(=O)c1ccc3c(c1)OCO3)[C@]21C(=O)Nc2ccccc21. The number of Topliss-reactive ketones (excluding diaryl/α,β-unsaturated/α-hetero) is 2. The van der Waals surface area contributed by atoms with Crippen molar-refractivity contribution in [1.82, 2.24) is 0 Å². The maximum atomic E-state index is 15.0. The fourth-order valence-corrected chi connectivity index (χ4v) is 7.67. The van der Waals surface area contributed by atoms with Gasteiger partial charge in [0.2, 0.25) is 12.7 Å². The van der Waals surface area contributed by atoms with E-state index in [0.29, 0.717) is 33.9 Å². The molecule has 0 aliphatic carbocycles. The number of fused-ring (bicyclic) bond motifs is 7. The summed E-state index contributed by atoms with van der Waals surface area (Å²) in [5.74, 6) is -1.11. The van der Waals surface area contributed by atoms with E-state index in [-0.39, 0.29) is 29.3 Å². The van der Waals surface area contributed by atoms with Crippen LogP contribution in [0.25, 0.3) is 5.57 Å². The van der Waals surface area contributed by atoms with Crippen LogP contribution in [0, 0.1) is 5.92 Å². The molecule has 1 saturated heterocycles. The molecule has 4 aliphatic rings. The number of amides is 1. The van der Waals surface area contributed by atoms with Gasteiger partial charge in [-0.2, -0.15) is 0 Å². The van der Waals surface area contributed by atoms with Crippen molar-refractivity contribution in [2.75, 3.05) is 17.0 Å². The summed E-state index contributed by atoms with van der Waals surface area (Å²) in [4.78, 5) is 46.4. The van der Waals surface area contributed by atoms with Crippen LogP contribution in [-0.2, 0) is 10.2 Å². The average Bonchev–Trinajstić information content (AvgIpc) is 3.70. The van der Waals surface area contributed by atoms with E-state index >= 15 is 4.79 Å². The van der Waals surface area contributed by atoms with Crippen molar-refractivity contribution in [2.45, 2.75) is 24.4 Å². The van der Waals surface area contributed by atoms with Crippen molar-refractivity contribution in [2.24, 2.45) is 5.92 Å². The highest BCUT2D eigenvalue weighted by Crippen LogP contribution is 2.59. The Balaban J connectivity index is 1.44. The molecule has 4 atom stereocenters. The zero-order valence-electron chi connectivity index (χ0n) is 23.0. The molecule has 8 heteroatoms. The summed E-state index contributed by atoms with van der Waals surface area (Å²) in [7, 11) is 0. The van der Waals surface area contributed by atoms with Crippen molar-refractivity contribution < 1.29 is 23.9 Å². The summed E-state index contributed by atoms with van der Waals surface area (Å²) in [6, 6.07) is 25.4. The molecular weight excluding hydrogens is 564 g/mol. The summed E-state index contributed by atoms with van der Waals surface area (Å²) in [5, 5.41) is 3.35. The van der Waals surface area contributed by atoms with Crippen molar-refractivity contribution >= 4 is 46.0 Å². The molecule has 212 valence electrons. The topological polar surface area (TPSA) is 84.9 Å². The Morgan fingerprint density at radius 1 is 0.907 bits per heavy atom. The number of halogens is 1. The molecule has 0 aromatic heterocycles. The zero-order valence-corrected chi connectivity index (χ0v) is 23.8. The summed E-state index contributed by atoms with van der Waals surface area (Å²) in [5.41, 5.74) is 3.22. The number of nitrogens with one attached hydrogen (secondary N) is 1. The number of allylic oxidation sites excluding steroid dienone is 1. The van der Waals surface area contributed by atoms with Crippen molar-refractivity contribution in [3.63, 3.8) is 0 Å². The summed E-state index contributed by atoms with van der Waals surface area (Å²) < 4.78 is 11.1. The van der Waals surface area contributed by atoms with Gasteiger partial charge in [0.25, 0.3) is 0 Å². The largest absolute Gasteiger partial charge is 0.454 e. The second-order valence-corrected chi connectivity index (χ2v) is 11.7. The number of para-hydroxylation sites is 2. The van der Waals surface area contributed by atoms with E-state index in [4.69, 9.17) is 21.1 Å². The average molecular weight is 589 g/mol. The number of benzene rings is 4. The molecule has 0 bridgehead atoms. The summed E-state index contributed by atoms with van der Waals surface area (Å²) >= 11 is 6.62. The number of ether oxygens (including phenoxy) is 2. The Hall–Kier alpha value is -4.88. The van der Waals surface area contributed by atoms with Crippen LogP contribution in [0.4, 0.5) is 11.4 Å². The van der Waals surface area contributed by atoms with Crippen molar-refractivity contribution in [3.8, 4) is 11.5 Å². The van der Waals surface area contributed by atoms with Gasteiger partial charge >= 0.3 is 0 Å². The van der Waals surface area contributed by atoms with Gasteiger partial charge in [0.05, 0.1) is 17.0 Å². The third-order valence-electron chi connectivity index (χ3n) is 9.23. The first-order valence-electron chi connectivity index (χ1n) is 14.1. The highest BCUT2D eigenvalue weighted by molar-refractivity contribution is 6.34. The number of nitrogens with zero attached hydrogens (tertiary/aromatic N) is 1. The lowest BCUT2D eigenvalue weighted by molar-refractivity contribution is -0.121. The quantitative estimate of drug-likeness (QED) is 0.281. The zero-order chi connectivity index (χ0) is 29.5. The van der Waals surface area contributed by atoms with E-state index in [0.717, 1.165) is 16.8 Å². The van der Waals surface area contributed by atoms with Crippen LogP contribution >= 0.6 is 11.6 Å². The molecule has 0 saturated carbocycles. The number of carbonyl (C=O) groups is 3. The molecule has 0 unspecified atom stereocenters. The molecule has 4 heterocycles. The van der Waals surface area contributed by atoms with Gasteiger partial charge in [0.15, 0.2) is 23.1 Å². The first-order valence-corrected chi connectivity index (χ1v) is 14.5. The molecular formula is C35H25ClN2O5. The van der Waals surface area contributed by atoms with Gasteiger partial charge in [-0.1, -0.05) is 66.2 Å². The van der Waals surface area contributed by atoms with Gasteiger partial charge < -0.3 is 19.7 Å². The summed E-state index contributed by atoms with van der Waals surface area (Å²) in [6.45, 7) is 2.06. The Morgan fingerprint density at radius 3 is 2.51 bits per heavy atom. The number of rotatable bonds is 4. The monoisotopic (exact) mass is 588 g/mol. The van der Waals surface area contributed by atoms with Crippen LogP contribution in [0.1, 0.15) is 38.8 Å². The number of hydrogen-bond acceptors (Lipinski definition) is 6. The van der Waals surface area contributed by atoms with Gasteiger partial charge in [0.1, 0.15) is 11.5 Å². The molecule has 1 amide bonds. The van der Waals surface area contributed by atoms with Gasteiger partial charge in [-0.3, -0.25) is 14.4 Å². The highest BCUT2D eigenvalue weighted by Gasteiger charge is 2.70. The number of carbonyl (C=O) groups excluding carboxylic acids is 3. The maximum Gasteiger partial charge on any atom is 0.238 e. The van der Waals surface area contributed by atoms with E-state index in [2.05, 4.69) is 5.32 Å². The third-order valence-corrected chi connectivity index (χ3v) is 9.56.